The summed E-state index contributed by atoms with van der Waals surface area (Å²) in [6, 6.07) is 18.9. The van der Waals surface area contributed by atoms with Crippen molar-refractivity contribution in [2.45, 2.75) is 156 Å². The van der Waals surface area contributed by atoms with Crippen LogP contribution in [0.25, 0.3) is 16.9 Å². The molecule has 45 heavy (non-hydrogen) atoms. The van der Waals surface area contributed by atoms with Crippen LogP contribution in [0.15, 0.2) is 59.7 Å². The molecule has 1 aliphatic heterocycles. The summed E-state index contributed by atoms with van der Waals surface area (Å²) in [5, 5.41) is 0. The van der Waals surface area contributed by atoms with E-state index in [1.807, 2.05) is 0 Å². The lowest BCUT2D eigenvalue weighted by atomic mass is 9.92. The van der Waals surface area contributed by atoms with Gasteiger partial charge in [-0.1, -0.05) is 134 Å². The largest absolute Gasteiger partial charge is 0.493 e. The van der Waals surface area contributed by atoms with Crippen LogP contribution in [-0.2, 0) is 12.5 Å². The molecule has 3 rings (SSSR count). The van der Waals surface area contributed by atoms with Crippen LogP contribution in [0.2, 0.25) is 19.6 Å². The van der Waals surface area contributed by atoms with Crippen molar-refractivity contribution in [3.05, 3.63) is 87.5 Å². The van der Waals surface area contributed by atoms with E-state index in [4.69, 9.17) is 0 Å². The molecule has 1 aliphatic rings. The van der Waals surface area contributed by atoms with Gasteiger partial charge in [-0.15, -0.1) is 11.8 Å². The predicted molar refractivity (Wildman–Crippen MR) is 200 cm³/mol. The van der Waals surface area contributed by atoms with Crippen LogP contribution in [0.3, 0.4) is 0 Å². The summed E-state index contributed by atoms with van der Waals surface area (Å²) in [5.74, 6) is 6.89. The predicted octanol–water partition coefficient (Wildman–Crippen LogP) is 13.1. The van der Waals surface area contributed by atoms with E-state index in [-0.39, 0.29) is 0 Å². The molecule has 1 heterocycles. The average Bonchev–Trinajstić information content (AvgIpc) is 3.30. The number of unbranched alkanes of at least 4 members (excludes halogenated alkanes) is 11. The van der Waals surface area contributed by atoms with E-state index in [1.54, 1.807) is 0 Å². The van der Waals surface area contributed by atoms with Crippen molar-refractivity contribution in [3.63, 3.8) is 0 Å². The fraction of sp³-hybridized carbons (Fsp3) is 0.571. The van der Waals surface area contributed by atoms with Crippen molar-refractivity contribution in [1.29, 1.82) is 0 Å². The number of rotatable bonds is 20. The molecule has 0 fully saturated rings. The number of aryl methyl sites for hydroxylation is 1. The number of hydrogen-bond acceptors (Lipinski definition) is 0. The van der Waals surface area contributed by atoms with Crippen molar-refractivity contribution in [2.75, 3.05) is 0 Å². The third kappa shape index (κ3) is 11.9. The third-order valence-corrected chi connectivity index (χ3v) is 10.5. The van der Waals surface area contributed by atoms with Gasteiger partial charge in [-0.3, -0.25) is 0 Å². The van der Waals surface area contributed by atoms with Crippen molar-refractivity contribution in [3.8, 4) is 11.8 Å². The quantitative estimate of drug-likeness (QED) is 0.0607. The molecule has 0 unspecified atom stereocenters. The monoisotopic (exact) mass is 622 g/mol. The van der Waals surface area contributed by atoms with E-state index in [2.05, 4.69) is 101 Å². The normalized spacial score (nSPS) is 13.5. The van der Waals surface area contributed by atoms with Gasteiger partial charge in [0.25, 0.3) is 0 Å². The first-order chi connectivity index (χ1) is 21.8. The van der Waals surface area contributed by atoms with E-state index in [1.165, 1.54) is 96.4 Å². The lowest BCUT2D eigenvalue weighted by molar-refractivity contribution is -0.345. The highest BCUT2D eigenvalue weighted by atomic mass is 28.3. The van der Waals surface area contributed by atoms with E-state index in [0.717, 1.165) is 68.3 Å². The Labute approximate surface area is 278 Å². The van der Waals surface area contributed by atoms with Crippen molar-refractivity contribution in [2.24, 2.45) is 0 Å². The van der Waals surface area contributed by atoms with Crippen molar-refractivity contribution >= 4 is 19.5 Å². The molecule has 0 aliphatic carbocycles. The Hall–Kier alpha value is -2.70. The highest BCUT2D eigenvalue weighted by Gasteiger charge is 2.35. The molecule has 0 aromatic heterocycles. The summed E-state index contributed by atoms with van der Waals surface area (Å²) in [7, 11) is -1.19. The Morgan fingerprint density at radius 1 is 0.622 bits per heavy atom. The number of benzene rings is 2. The summed E-state index contributed by atoms with van der Waals surface area (Å²) in [5.41, 5.74) is 21.5. The van der Waals surface area contributed by atoms with E-state index >= 15 is 0 Å². The van der Waals surface area contributed by atoms with Gasteiger partial charge in [0.05, 0.1) is 0 Å². The summed E-state index contributed by atoms with van der Waals surface area (Å²) in [6.07, 6.45) is 20.4. The molecule has 0 radical (unpaired) electrons. The van der Waals surface area contributed by atoms with Gasteiger partial charge in [0.2, 0.25) is 11.4 Å². The van der Waals surface area contributed by atoms with Crippen molar-refractivity contribution < 1.29 is 4.70 Å². The Morgan fingerprint density at radius 2 is 1.22 bits per heavy atom. The second-order valence-corrected chi connectivity index (χ2v) is 19.8. The smallest absolute Gasteiger partial charge is 0.211 e. The fourth-order valence-electron chi connectivity index (χ4n) is 6.66. The molecular formula is C42H62N2Si. The standard InChI is InChI=1S/C42H62N2Si/c1-7-10-12-13-14-15-16-17-18-19-20-21-22-23-26-36-27-24-25-29-39(36)42-40(28-11-8-2)38(9-3)41(44(42)43)37-32-30-35(31-33-37)34-45(4,5)6/h24-25,27,29-33H,7-19,22-23,26,28,34H2,1-6H3. The molecule has 2 nitrogen and oxygen atoms in total. The zero-order chi connectivity index (χ0) is 32.5. The molecule has 0 saturated heterocycles. The molecule has 0 atom stereocenters. The summed E-state index contributed by atoms with van der Waals surface area (Å²) < 4.78 is 1.53. The lowest BCUT2D eigenvalue weighted by Gasteiger charge is -2.16. The van der Waals surface area contributed by atoms with Gasteiger partial charge < -0.3 is 5.53 Å². The van der Waals surface area contributed by atoms with Gasteiger partial charge in [-0.25, -0.2) is 4.70 Å². The second kappa shape index (κ2) is 19.7. The first kappa shape index (κ1) is 36.8. The minimum atomic E-state index is -1.19. The van der Waals surface area contributed by atoms with Crippen LogP contribution in [0.5, 0.6) is 0 Å². The van der Waals surface area contributed by atoms with Crippen LogP contribution < -0.4 is 0 Å². The molecule has 0 amide bonds. The summed E-state index contributed by atoms with van der Waals surface area (Å²) in [6.45, 7) is 14.0. The van der Waals surface area contributed by atoms with Crippen LogP contribution >= 0.6 is 0 Å². The number of hydrogen-bond donors (Lipinski definition) is 0. The van der Waals surface area contributed by atoms with Crippen LogP contribution in [0.4, 0.5) is 0 Å². The number of allylic oxidation sites excluding steroid dienone is 2. The van der Waals surface area contributed by atoms with Gasteiger partial charge in [0, 0.05) is 43.2 Å². The maximum Gasteiger partial charge on any atom is 0.211 e. The first-order valence-corrected chi connectivity index (χ1v) is 22.1. The van der Waals surface area contributed by atoms with E-state index in [0.29, 0.717) is 0 Å². The van der Waals surface area contributed by atoms with Crippen LogP contribution in [0.1, 0.15) is 146 Å². The zero-order valence-corrected chi connectivity index (χ0v) is 30.7. The summed E-state index contributed by atoms with van der Waals surface area (Å²) >= 11 is 0. The van der Waals surface area contributed by atoms with Gasteiger partial charge in [-0.05, 0) is 68.3 Å². The van der Waals surface area contributed by atoms with E-state index < -0.39 is 8.07 Å². The van der Waals surface area contributed by atoms with Gasteiger partial charge >= 0.3 is 0 Å². The molecule has 244 valence electrons. The van der Waals surface area contributed by atoms with Gasteiger partial charge in [0.15, 0.2) is 0 Å². The molecule has 0 bridgehead atoms. The van der Waals surface area contributed by atoms with Gasteiger partial charge in [-0.2, -0.15) is 0 Å². The SMILES string of the molecule is CCCCCCCCCCCC#CCCCc1ccccc1C1=C(CCCC)C(CC)=C(c2ccc(C[Si](C)(C)C)cc2)[N+]1=[N-]. The Morgan fingerprint density at radius 3 is 1.84 bits per heavy atom. The van der Waals surface area contributed by atoms with E-state index in [9.17, 15) is 5.53 Å². The molecule has 3 heteroatoms. The molecule has 0 N–H and O–H groups in total. The minimum absolute atomic E-state index is 0.905. The van der Waals surface area contributed by atoms with Gasteiger partial charge in [0.1, 0.15) is 0 Å². The average molecular weight is 623 g/mol. The molecule has 0 saturated carbocycles. The van der Waals surface area contributed by atoms with Crippen LogP contribution in [-0.4, -0.2) is 12.8 Å². The highest BCUT2D eigenvalue weighted by molar-refractivity contribution is 6.75. The Balaban J connectivity index is 1.66. The maximum absolute atomic E-state index is 11.9. The second-order valence-electron chi connectivity index (χ2n) is 14.3. The Kier molecular flexibility index (Phi) is 16.1. The molecule has 2 aromatic rings. The third-order valence-electron chi connectivity index (χ3n) is 9.01. The molecular weight excluding hydrogens is 561 g/mol. The zero-order valence-electron chi connectivity index (χ0n) is 29.7. The fourth-order valence-corrected chi connectivity index (χ4v) is 8.12. The Bertz CT molecular complexity index is 1330. The number of nitrogens with zero attached hydrogens (tertiary/aromatic N) is 2. The minimum Gasteiger partial charge on any atom is -0.493 e. The summed E-state index contributed by atoms with van der Waals surface area (Å²) in [4.78, 5) is 0. The molecule has 2 aromatic carbocycles. The van der Waals surface area contributed by atoms with Crippen LogP contribution in [0, 0.1) is 11.8 Å². The maximum atomic E-state index is 11.9. The lowest BCUT2D eigenvalue weighted by Crippen LogP contribution is -2.23. The topological polar surface area (TPSA) is 25.3 Å². The first-order valence-electron chi connectivity index (χ1n) is 18.4. The molecule has 0 spiro atoms. The highest BCUT2D eigenvalue weighted by Crippen LogP contribution is 2.44. The van der Waals surface area contributed by atoms with Crippen molar-refractivity contribution in [1.82, 2.24) is 0 Å².